The number of aryl methyl sites for hydroxylation is 2. The van der Waals surface area contributed by atoms with Gasteiger partial charge in [-0.05, 0) is 33.8 Å². The highest BCUT2D eigenvalue weighted by Gasteiger charge is 2.12. The van der Waals surface area contributed by atoms with Crippen LogP contribution in [0.4, 0.5) is 0 Å². The van der Waals surface area contributed by atoms with Gasteiger partial charge in [0.25, 0.3) is 0 Å². The second kappa shape index (κ2) is 7.28. The van der Waals surface area contributed by atoms with Crippen LogP contribution >= 0.6 is 11.8 Å². The van der Waals surface area contributed by atoms with Gasteiger partial charge in [-0.15, -0.1) is 11.8 Å². The second-order valence-electron chi connectivity index (χ2n) is 5.21. The van der Waals surface area contributed by atoms with E-state index in [1.54, 1.807) is 11.8 Å². The Hall–Kier alpha value is -2.06. The van der Waals surface area contributed by atoms with Gasteiger partial charge in [-0.2, -0.15) is 5.26 Å². The summed E-state index contributed by atoms with van der Waals surface area (Å²) in [5.41, 5.74) is 2.38. The summed E-state index contributed by atoms with van der Waals surface area (Å²) in [5.74, 6) is 2.27. The van der Waals surface area contributed by atoms with E-state index in [2.05, 4.69) is 16.0 Å². The number of hydrogen-bond donors (Lipinski definition) is 0. The lowest BCUT2D eigenvalue weighted by Gasteiger charge is -2.14. The molecule has 0 aliphatic rings. The van der Waals surface area contributed by atoms with Crippen LogP contribution in [-0.2, 0) is 5.75 Å². The van der Waals surface area contributed by atoms with Gasteiger partial charge in [-0.3, -0.25) is 0 Å². The first-order chi connectivity index (χ1) is 10.5. The van der Waals surface area contributed by atoms with E-state index >= 15 is 0 Å². The van der Waals surface area contributed by atoms with E-state index in [9.17, 15) is 5.26 Å². The smallest absolute Gasteiger partial charge is 0.126 e. The molecule has 0 bridgehead atoms. The molecule has 2 aromatic rings. The summed E-state index contributed by atoms with van der Waals surface area (Å²) in [6.07, 6.45) is 0.129. The van der Waals surface area contributed by atoms with Crippen LogP contribution in [0.15, 0.2) is 29.3 Å². The quantitative estimate of drug-likeness (QED) is 0.616. The highest BCUT2D eigenvalue weighted by molar-refractivity contribution is 7.98. The van der Waals surface area contributed by atoms with Crippen molar-refractivity contribution in [2.45, 2.75) is 44.6 Å². The number of benzene rings is 1. The van der Waals surface area contributed by atoms with Crippen molar-refractivity contribution in [3.8, 4) is 11.8 Å². The second-order valence-corrected chi connectivity index (χ2v) is 6.18. The van der Waals surface area contributed by atoms with Gasteiger partial charge in [0.15, 0.2) is 0 Å². The van der Waals surface area contributed by atoms with Crippen LogP contribution < -0.4 is 4.74 Å². The van der Waals surface area contributed by atoms with E-state index in [1.165, 1.54) is 0 Å². The lowest BCUT2D eigenvalue weighted by Crippen LogP contribution is -2.07. The number of thioether (sulfide) groups is 1. The molecule has 2 rings (SSSR count). The first kappa shape index (κ1) is 16.3. The third kappa shape index (κ3) is 3.99. The average molecular weight is 313 g/mol. The average Bonchev–Trinajstić information content (AvgIpc) is 2.45. The van der Waals surface area contributed by atoms with Gasteiger partial charge in [0.1, 0.15) is 28.2 Å². The summed E-state index contributed by atoms with van der Waals surface area (Å²) >= 11 is 1.54. The first-order valence-corrected chi connectivity index (χ1v) is 8.12. The predicted molar refractivity (Wildman–Crippen MR) is 88.0 cm³/mol. The molecule has 114 valence electrons. The molecule has 22 heavy (non-hydrogen) atoms. The Morgan fingerprint density at radius 1 is 1.23 bits per heavy atom. The van der Waals surface area contributed by atoms with Crippen molar-refractivity contribution >= 4 is 11.8 Å². The van der Waals surface area contributed by atoms with E-state index in [1.807, 2.05) is 52.0 Å². The first-order valence-electron chi connectivity index (χ1n) is 7.14. The third-order valence-corrected chi connectivity index (χ3v) is 4.00. The number of ether oxygens (including phenoxy) is 1. The number of nitrogens with zero attached hydrogens (tertiary/aromatic N) is 3. The molecule has 0 radical (unpaired) electrons. The van der Waals surface area contributed by atoms with Crippen molar-refractivity contribution in [1.29, 1.82) is 5.26 Å². The molecule has 0 amide bonds. The van der Waals surface area contributed by atoms with Gasteiger partial charge >= 0.3 is 0 Å². The van der Waals surface area contributed by atoms with Crippen LogP contribution in [0.2, 0.25) is 0 Å². The van der Waals surface area contributed by atoms with Gasteiger partial charge in [0.05, 0.1) is 11.8 Å². The summed E-state index contributed by atoms with van der Waals surface area (Å²) in [6, 6.07) is 10.2. The van der Waals surface area contributed by atoms with E-state index in [4.69, 9.17) is 4.74 Å². The van der Waals surface area contributed by atoms with Crippen LogP contribution in [-0.4, -0.2) is 16.1 Å². The van der Waals surface area contributed by atoms with Crippen LogP contribution in [0.25, 0.3) is 0 Å². The highest BCUT2D eigenvalue weighted by Crippen LogP contribution is 2.30. The van der Waals surface area contributed by atoms with Crippen molar-refractivity contribution in [3.05, 3.63) is 46.9 Å². The fourth-order valence-corrected chi connectivity index (χ4v) is 3.12. The molecule has 0 atom stereocenters. The minimum absolute atomic E-state index is 0.129. The fraction of sp³-hybridized carbons (Fsp3) is 0.353. The predicted octanol–water partition coefficient (Wildman–Crippen LogP) is 4.04. The SMILES string of the molecule is Cc1nc(C)c(C#N)c(SCc2ccccc2OC(C)C)n1. The summed E-state index contributed by atoms with van der Waals surface area (Å²) < 4.78 is 5.83. The van der Waals surface area contributed by atoms with Gasteiger partial charge in [-0.25, -0.2) is 9.97 Å². The largest absolute Gasteiger partial charge is 0.491 e. The number of para-hydroxylation sites is 1. The van der Waals surface area contributed by atoms with Crippen LogP contribution in [0.1, 0.15) is 36.5 Å². The summed E-state index contributed by atoms with van der Waals surface area (Å²) in [5, 5.41) is 10.0. The number of rotatable bonds is 5. The summed E-state index contributed by atoms with van der Waals surface area (Å²) in [6.45, 7) is 7.70. The van der Waals surface area contributed by atoms with Gasteiger partial charge in [0.2, 0.25) is 0 Å². The molecule has 4 nitrogen and oxygen atoms in total. The maximum absolute atomic E-state index is 9.29. The maximum Gasteiger partial charge on any atom is 0.126 e. The molecule has 0 saturated carbocycles. The van der Waals surface area contributed by atoms with Crippen LogP contribution in [0.5, 0.6) is 5.75 Å². The molecule has 1 aromatic heterocycles. The van der Waals surface area contributed by atoms with Crippen LogP contribution in [0.3, 0.4) is 0 Å². The van der Waals surface area contributed by atoms with Crippen LogP contribution in [0, 0.1) is 25.2 Å². The minimum Gasteiger partial charge on any atom is -0.491 e. The molecule has 0 aliphatic carbocycles. The highest BCUT2D eigenvalue weighted by atomic mass is 32.2. The molecule has 0 aliphatic heterocycles. The summed E-state index contributed by atoms with van der Waals surface area (Å²) in [7, 11) is 0. The molecule has 0 fully saturated rings. The Balaban J connectivity index is 2.23. The van der Waals surface area contributed by atoms with Gasteiger partial charge < -0.3 is 4.74 Å². The monoisotopic (exact) mass is 313 g/mol. The fourth-order valence-electron chi connectivity index (χ4n) is 2.05. The molecular weight excluding hydrogens is 294 g/mol. The topological polar surface area (TPSA) is 58.8 Å². The standard InChI is InChI=1S/C17H19N3OS/c1-11(2)21-16-8-6-5-7-14(16)10-22-17-15(9-18)12(3)19-13(4)20-17/h5-8,11H,10H2,1-4H3. The zero-order valence-electron chi connectivity index (χ0n) is 13.3. The van der Waals surface area contributed by atoms with Crippen molar-refractivity contribution < 1.29 is 4.74 Å². The van der Waals surface area contributed by atoms with E-state index in [-0.39, 0.29) is 6.10 Å². The molecule has 1 heterocycles. The van der Waals surface area contributed by atoms with E-state index < -0.39 is 0 Å². The molecule has 0 N–H and O–H groups in total. The number of aromatic nitrogens is 2. The zero-order valence-corrected chi connectivity index (χ0v) is 14.1. The molecule has 0 spiro atoms. The van der Waals surface area contributed by atoms with Crippen molar-refractivity contribution in [1.82, 2.24) is 9.97 Å². The van der Waals surface area contributed by atoms with E-state index in [0.29, 0.717) is 17.1 Å². The molecule has 1 aromatic carbocycles. The third-order valence-electron chi connectivity index (χ3n) is 2.98. The lowest BCUT2D eigenvalue weighted by molar-refractivity contribution is 0.240. The Labute approximate surface area is 135 Å². The zero-order chi connectivity index (χ0) is 16.1. The Morgan fingerprint density at radius 3 is 2.64 bits per heavy atom. The van der Waals surface area contributed by atoms with Gasteiger partial charge in [0, 0.05) is 11.3 Å². The Morgan fingerprint density at radius 2 is 1.95 bits per heavy atom. The maximum atomic E-state index is 9.29. The van der Waals surface area contributed by atoms with Crippen molar-refractivity contribution in [2.75, 3.05) is 0 Å². The normalized spacial score (nSPS) is 10.5. The van der Waals surface area contributed by atoms with Gasteiger partial charge in [-0.1, -0.05) is 18.2 Å². The van der Waals surface area contributed by atoms with E-state index in [0.717, 1.165) is 22.0 Å². The van der Waals surface area contributed by atoms with Crippen molar-refractivity contribution in [3.63, 3.8) is 0 Å². The minimum atomic E-state index is 0.129. The summed E-state index contributed by atoms with van der Waals surface area (Å²) in [4.78, 5) is 8.64. The Kier molecular flexibility index (Phi) is 5.40. The molecular formula is C17H19N3OS. The number of nitriles is 1. The Bertz CT molecular complexity index is 708. The number of hydrogen-bond acceptors (Lipinski definition) is 5. The van der Waals surface area contributed by atoms with Crippen molar-refractivity contribution in [2.24, 2.45) is 0 Å². The molecule has 0 unspecified atom stereocenters. The molecule has 5 heteroatoms. The lowest BCUT2D eigenvalue weighted by atomic mass is 10.2. The molecule has 0 saturated heterocycles.